The number of fused-ring (bicyclic) bond motifs is 1. The largest absolute Gasteiger partial charge is 0.496 e. The fourth-order valence-electron chi connectivity index (χ4n) is 3.62. The minimum atomic E-state index is -0.345. The van der Waals surface area contributed by atoms with Crippen LogP contribution in [0, 0.1) is 11.3 Å². The zero-order valence-corrected chi connectivity index (χ0v) is 18.3. The second-order valence-corrected chi connectivity index (χ2v) is 7.73. The molecular weight excluding hydrogens is 406 g/mol. The van der Waals surface area contributed by atoms with Gasteiger partial charge in [-0.3, -0.25) is 15.0 Å². The summed E-state index contributed by atoms with van der Waals surface area (Å²) in [7, 11) is 1.52. The van der Waals surface area contributed by atoms with Crippen molar-refractivity contribution < 1.29 is 14.3 Å². The molecule has 168 valence electrons. The van der Waals surface area contributed by atoms with Crippen LogP contribution < -0.4 is 21.1 Å². The van der Waals surface area contributed by atoms with E-state index in [9.17, 15) is 9.59 Å². The van der Waals surface area contributed by atoms with E-state index in [1.807, 2.05) is 36.5 Å². The molecule has 0 bridgehead atoms. The van der Waals surface area contributed by atoms with E-state index in [0.717, 1.165) is 22.0 Å². The molecule has 6 N–H and O–H groups in total. The van der Waals surface area contributed by atoms with E-state index < -0.39 is 0 Å². The summed E-state index contributed by atoms with van der Waals surface area (Å²) in [5.41, 5.74) is 9.18. The van der Waals surface area contributed by atoms with Crippen molar-refractivity contribution in [2.45, 2.75) is 19.8 Å². The quantitative estimate of drug-likeness (QED) is 0.246. The number of benzene rings is 2. The molecule has 0 fully saturated rings. The number of hydrogen-bond acceptors (Lipinski definition) is 4. The first-order chi connectivity index (χ1) is 15.4. The van der Waals surface area contributed by atoms with Crippen molar-refractivity contribution in [2.75, 3.05) is 20.2 Å². The van der Waals surface area contributed by atoms with Gasteiger partial charge in [0.05, 0.1) is 19.2 Å². The Hall–Kier alpha value is -3.81. The Morgan fingerprint density at radius 3 is 2.72 bits per heavy atom. The zero-order chi connectivity index (χ0) is 23.1. The lowest BCUT2D eigenvalue weighted by Gasteiger charge is -2.14. The van der Waals surface area contributed by atoms with Gasteiger partial charge in [0.1, 0.15) is 11.6 Å². The van der Waals surface area contributed by atoms with Crippen LogP contribution in [-0.4, -0.2) is 42.8 Å². The Balaban J connectivity index is 1.44. The highest BCUT2D eigenvalue weighted by Gasteiger charge is 2.16. The topological polar surface area (TPSA) is 133 Å². The lowest BCUT2D eigenvalue weighted by atomic mass is 9.98. The van der Waals surface area contributed by atoms with Gasteiger partial charge in [0.2, 0.25) is 11.8 Å². The number of rotatable bonds is 10. The van der Waals surface area contributed by atoms with Crippen LogP contribution in [0.15, 0.2) is 48.7 Å². The van der Waals surface area contributed by atoms with Gasteiger partial charge < -0.3 is 26.1 Å². The number of amides is 2. The van der Waals surface area contributed by atoms with Crippen LogP contribution in [0.2, 0.25) is 0 Å². The predicted octanol–water partition coefficient (Wildman–Crippen LogP) is 2.11. The highest BCUT2D eigenvalue weighted by atomic mass is 16.5. The molecule has 0 aliphatic heterocycles. The minimum absolute atomic E-state index is 0.0711. The molecule has 1 atom stereocenters. The van der Waals surface area contributed by atoms with Crippen molar-refractivity contribution in [3.05, 3.63) is 65.4 Å². The van der Waals surface area contributed by atoms with Crippen molar-refractivity contribution >= 4 is 28.6 Å². The maximum absolute atomic E-state index is 12.4. The molecule has 2 aromatic carbocycles. The maximum Gasteiger partial charge on any atom is 0.239 e. The fraction of sp³-hybridized carbons (Fsp3) is 0.292. The summed E-state index contributed by atoms with van der Waals surface area (Å²) >= 11 is 0. The number of aromatic nitrogens is 1. The average Bonchev–Trinajstić information content (AvgIpc) is 3.20. The molecule has 0 aliphatic carbocycles. The van der Waals surface area contributed by atoms with Crippen LogP contribution >= 0.6 is 0 Å². The van der Waals surface area contributed by atoms with E-state index in [-0.39, 0.29) is 30.1 Å². The molecule has 0 saturated carbocycles. The molecule has 1 heterocycles. The Labute approximate surface area is 187 Å². The van der Waals surface area contributed by atoms with Crippen molar-refractivity contribution in [3.63, 3.8) is 0 Å². The number of hydrogen-bond donors (Lipinski definition) is 5. The van der Waals surface area contributed by atoms with Crippen LogP contribution in [0.25, 0.3) is 10.9 Å². The molecule has 8 nitrogen and oxygen atoms in total. The molecule has 1 aromatic heterocycles. The molecule has 8 heteroatoms. The van der Waals surface area contributed by atoms with Gasteiger partial charge in [0, 0.05) is 29.6 Å². The summed E-state index contributed by atoms with van der Waals surface area (Å²) in [5.74, 6) is -0.360. The summed E-state index contributed by atoms with van der Waals surface area (Å²) in [6, 6.07) is 13.4. The van der Waals surface area contributed by atoms with Crippen LogP contribution in [0.5, 0.6) is 5.75 Å². The molecule has 2 amide bonds. The van der Waals surface area contributed by atoms with Gasteiger partial charge in [-0.1, -0.05) is 31.2 Å². The van der Waals surface area contributed by atoms with Gasteiger partial charge in [0.15, 0.2) is 0 Å². The number of nitrogen functional groups attached to an aromatic ring is 1. The first kappa shape index (κ1) is 22.9. The highest BCUT2D eigenvalue weighted by molar-refractivity contribution is 5.97. The standard InChI is InChI=1S/C24H29N5O3/c1-15(11-16-7-8-21(32-2)19(12-16)23(25)26)24(31)29-14-22(30)27-10-9-17-13-28-20-6-4-3-5-18(17)20/h3-8,12-13,15,28H,9-11,14H2,1-2H3,(H3,25,26)(H,27,30)(H,29,31). The van der Waals surface area contributed by atoms with Crippen molar-refractivity contribution in [2.24, 2.45) is 11.7 Å². The number of amidine groups is 1. The monoisotopic (exact) mass is 435 g/mol. The second kappa shape index (κ2) is 10.5. The zero-order valence-electron chi connectivity index (χ0n) is 18.3. The molecule has 1 unspecified atom stereocenters. The van der Waals surface area contributed by atoms with Crippen LogP contribution in [-0.2, 0) is 22.4 Å². The number of para-hydroxylation sites is 1. The number of aromatic amines is 1. The van der Waals surface area contributed by atoms with Gasteiger partial charge in [-0.2, -0.15) is 0 Å². The normalized spacial score (nSPS) is 11.7. The van der Waals surface area contributed by atoms with Crippen molar-refractivity contribution in [1.82, 2.24) is 15.6 Å². The molecule has 3 aromatic rings. The average molecular weight is 436 g/mol. The number of H-pyrrole nitrogens is 1. The summed E-state index contributed by atoms with van der Waals surface area (Å²) < 4.78 is 5.21. The molecule has 0 spiro atoms. The number of ether oxygens (including phenoxy) is 1. The van der Waals surface area contributed by atoms with E-state index in [1.54, 1.807) is 19.1 Å². The molecule has 3 rings (SSSR count). The Bertz CT molecular complexity index is 1120. The third kappa shape index (κ3) is 5.66. The second-order valence-electron chi connectivity index (χ2n) is 7.73. The van der Waals surface area contributed by atoms with Gasteiger partial charge in [-0.05, 0) is 42.2 Å². The van der Waals surface area contributed by atoms with Crippen LogP contribution in [0.1, 0.15) is 23.6 Å². The smallest absolute Gasteiger partial charge is 0.239 e. The van der Waals surface area contributed by atoms with E-state index in [2.05, 4.69) is 15.6 Å². The third-order valence-corrected chi connectivity index (χ3v) is 5.36. The SMILES string of the molecule is COc1ccc(CC(C)C(=O)NCC(=O)NCCc2c[nH]c3ccccc23)cc1C(=N)N. The summed E-state index contributed by atoms with van der Waals surface area (Å²) in [5, 5.41) is 14.3. The van der Waals surface area contributed by atoms with Gasteiger partial charge in [0.25, 0.3) is 0 Å². The maximum atomic E-state index is 12.4. The minimum Gasteiger partial charge on any atom is -0.496 e. The van der Waals surface area contributed by atoms with Crippen molar-refractivity contribution in [3.8, 4) is 5.75 Å². The fourth-order valence-corrected chi connectivity index (χ4v) is 3.62. The van der Waals surface area contributed by atoms with E-state index in [1.165, 1.54) is 7.11 Å². The molecule has 0 radical (unpaired) electrons. The van der Waals surface area contributed by atoms with E-state index >= 15 is 0 Å². The Kier molecular flexibility index (Phi) is 7.49. The lowest BCUT2D eigenvalue weighted by molar-refractivity contribution is -0.128. The molecular formula is C24H29N5O3. The van der Waals surface area contributed by atoms with Crippen LogP contribution in [0.4, 0.5) is 0 Å². The Morgan fingerprint density at radius 1 is 1.19 bits per heavy atom. The highest BCUT2D eigenvalue weighted by Crippen LogP contribution is 2.21. The predicted molar refractivity (Wildman–Crippen MR) is 125 cm³/mol. The van der Waals surface area contributed by atoms with E-state index in [4.69, 9.17) is 15.9 Å². The van der Waals surface area contributed by atoms with Gasteiger partial charge >= 0.3 is 0 Å². The molecule has 32 heavy (non-hydrogen) atoms. The molecule has 0 saturated heterocycles. The number of carbonyl (C=O) groups excluding carboxylic acids is 2. The number of nitrogens with two attached hydrogens (primary N) is 1. The first-order valence-electron chi connectivity index (χ1n) is 10.5. The van der Waals surface area contributed by atoms with Gasteiger partial charge in [-0.25, -0.2) is 0 Å². The summed E-state index contributed by atoms with van der Waals surface area (Å²) in [4.78, 5) is 27.8. The molecule has 0 aliphatic rings. The van der Waals surface area contributed by atoms with E-state index in [0.29, 0.717) is 30.7 Å². The first-order valence-corrected chi connectivity index (χ1v) is 10.5. The van der Waals surface area contributed by atoms with Crippen molar-refractivity contribution in [1.29, 1.82) is 5.41 Å². The van der Waals surface area contributed by atoms with Gasteiger partial charge in [-0.15, -0.1) is 0 Å². The lowest BCUT2D eigenvalue weighted by Crippen LogP contribution is -2.40. The number of nitrogens with one attached hydrogen (secondary N) is 4. The summed E-state index contributed by atoms with van der Waals surface area (Å²) in [6.45, 7) is 2.21. The number of methoxy groups -OCH3 is 1. The Morgan fingerprint density at radius 2 is 1.97 bits per heavy atom. The van der Waals surface area contributed by atoms with Crippen LogP contribution in [0.3, 0.4) is 0 Å². The third-order valence-electron chi connectivity index (χ3n) is 5.36. The summed E-state index contributed by atoms with van der Waals surface area (Å²) in [6.07, 6.45) is 3.12. The number of carbonyl (C=O) groups is 2.